The van der Waals surface area contributed by atoms with E-state index in [0.29, 0.717) is 22.6 Å². The van der Waals surface area contributed by atoms with Gasteiger partial charge in [-0.15, -0.1) is 0 Å². The lowest BCUT2D eigenvalue weighted by Gasteiger charge is -2.22. The Morgan fingerprint density at radius 2 is 0.776 bits per heavy atom. The topological polar surface area (TPSA) is 52.6 Å². The lowest BCUT2D eigenvalue weighted by Crippen LogP contribution is -2.10. The molecule has 8 aromatic carbocycles. The van der Waals surface area contributed by atoms with E-state index < -0.39 is 11.9 Å². The van der Waals surface area contributed by atoms with Gasteiger partial charge in [0.25, 0.3) is 0 Å². The quantitative estimate of drug-likeness (QED) is 0.0508. The molecule has 0 aliphatic rings. The second-order valence-electron chi connectivity index (χ2n) is 15.7. The molecule has 0 aliphatic heterocycles. The molecule has 0 radical (unpaired) electrons. The Balaban J connectivity index is 1.44. The molecular formula is C54H50O4. The van der Waals surface area contributed by atoms with Gasteiger partial charge in [-0.25, -0.2) is 9.59 Å². The zero-order valence-corrected chi connectivity index (χ0v) is 34.0. The number of aryl methyl sites for hydroxylation is 4. The fourth-order valence-corrected chi connectivity index (χ4v) is 8.28. The van der Waals surface area contributed by atoms with Crippen molar-refractivity contribution in [2.24, 2.45) is 0 Å². The minimum Gasteiger partial charge on any atom is -0.422 e. The molecule has 0 saturated heterocycles. The average molecular weight is 763 g/mol. The van der Waals surface area contributed by atoms with Crippen molar-refractivity contribution in [1.29, 1.82) is 0 Å². The maximum absolute atomic E-state index is 13.9. The summed E-state index contributed by atoms with van der Waals surface area (Å²) in [5, 5.41) is 7.47. The van der Waals surface area contributed by atoms with Gasteiger partial charge in [0.1, 0.15) is 11.5 Å². The highest BCUT2D eigenvalue weighted by molar-refractivity contribution is 6.27. The Morgan fingerprint density at radius 1 is 0.414 bits per heavy atom. The van der Waals surface area contributed by atoms with E-state index in [1.807, 2.05) is 74.5 Å². The average Bonchev–Trinajstić information content (AvgIpc) is 3.24. The number of hydrogen-bond acceptors (Lipinski definition) is 4. The normalized spacial score (nSPS) is 11.4. The summed E-state index contributed by atoms with van der Waals surface area (Å²) in [4.78, 5) is 27.8. The maximum atomic E-state index is 13.9. The Bertz CT molecular complexity index is 2600. The molecule has 58 heavy (non-hydrogen) atoms. The van der Waals surface area contributed by atoms with Crippen molar-refractivity contribution in [3.63, 3.8) is 0 Å². The molecule has 0 aromatic heterocycles. The standard InChI is InChI=1S/C54H50O4/c1-5-7-9-15-37-25-31-45-47(33-37)49(41-17-11-13-19-43(41)51(45)57-53(55)39-27-21-35(3)22-28-39)50-42-18-12-14-20-44(42)52(58-54(56)40-29-23-36(4)24-30-40)46-32-26-38(34-48(46)50)16-10-8-6-2/h11-14,17-34H,5-10,15-16H2,1-4H3. The van der Waals surface area contributed by atoms with E-state index in [2.05, 4.69) is 86.6 Å². The van der Waals surface area contributed by atoms with Gasteiger partial charge in [-0.3, -0.25) is 0 Å². The van der Waals surface area contributed by atoms with Gasteiger partial charge in [0.2, 0.25) is 0 Å². The minimum absolute atomic E-state index is 0.390. The molecule has 0 unspecified atom stereocenters. The minimum atomic E-state index is -0.390. The van der Waals surface area contributed by atoms with Crippen molar-refractivity contribution >= 4 is 55.0 Å². The van der Waals surface area contributed by atoms with Crippen molar-refractivity contribution < 1.29 is 19.1 Å². The summed E-state index contributed by atoms with van der Waals surface area (Å²) in [6.45, 7) is 8.48. The Kier molecular flexibility index (Phi) is 11.4. The zero-order chi connectivity index (χ0) is 40.2. The van der Waals surface area contributed by atoms with Gasteiger partial charge >= 0.3 is 11.9 Å². The van der Waals surface area contributed by atoms with Crippen LogP contribution in [0.5, 0.6) is 11.5 Å². The summed E-state index contributed by atoms with van der Waals surface area (Å²) in [7, 11) is 0. The predicted octanol–water partition coefficient (Wildman–Crippen LogP) is 14.5. The van der Waals surface area contributed by atoms with Crippen LogP contribution in [0.2, 0.25) is 0 Å². The van der Waals surface area contributed by atoms with Gasteiger partial charge in [0.05, 0.1) is 11.1 Å². The molecule has 0 amide bonds. The number of fused-ring (bicyclic) bond motifs is 4. The molecule has 290 valence electrons. The molecule has 0 atom stereocenters. The molecule has 0 saturated carbocycles. The van der Waals surface area contributed by atoms with Crippen molar-refractivity contribution in [3.8, 4) is 22.6 Å². The van der Waals surface area contributed by atoms with Gasteiger partial charge in [-0.2, -0.15) is 0 Å². The lowest BCUT2D eigenvalue weighted by molar-refractivity contribution is 0.0730. The molecule has 8 aromatic rings. The van der Waals surface area contributed by atoms with Crippen LogP contribution in [-0.4, -0.2) is 11.9 Å². The third kappa shape index (κ3) is 7.72. The molecule has 0 N–H and O–H groups in total. The highest BCUT2D eigenvalue weighted by Gasteiger charge is 2.25. The van der Waals surface area contributed by atoms with Crippen LogP contribution in [0.3, 0.4) is 0 Å². The van der Waals surface area contributed by atoms with Gasteiger partial charge in [0, 0.05) is 21.5 Å². The first kappa shape index (κ1) is 38.6. The third-order valence-corrected chi connectivity index (χ3v) is 11.4. The molecule has 8 rings (SSSR count). The number of carbonyl (C=O) groups is 2. The molecule has 0 bridgehead atoms. The number of ether oxygens (including phenoxy) is 2. The van der Waals surface area contributed by atoms with E-state index in [1.54, 1.807) is 0 Å². The van der Waals surface area contributed by atoms with E-state index in [4.69, 9.17) is 9.47 Å². The predicted molar refractivity (Wildman–Crippen MR) is 241 cm³/mol. The highest BCUT2D eigenvalue weighted by Crippen LogP contribution is 2.50. The van der Waals surface area contributed by atoms with Crippen LogP contribution in [-0.2, 0) is 12.8 Å². The van der Waals surface area contributed by atoms with E-state index in [-0.39, 0.29) is 0 Å². The molecular weight excluding hydrogens is 713 g/mol. The summed E-state index contributed by atoms with van der Waals surface area (Å²) in [6.07, 6.45) is 8.67. The van der Waals surface area contributed by atoms with Crippen molar-refractivity contribution in [2.45, 2.75) is 79.1 Å². The fraction of sp³-hybridized carbons (Fsp3) is 0.222. The summed E-state index contributed by atoms with van der Waals surface area (Å²) < 4.78 is 12.9. The first-order valence-corrected chi connectivity index (χ1v) is 20.9. The van der Waals surface area contributed by atoms with Crippen LogP contribution in [0.15, 0.2) is 133 Å². The number of esters is 2. The Morgan fingerprint density at radius 3 is 1.16 bits per heavy atom. The molecule has 0 heterocycles. The largest absolute Gasteiger partial charge is 0.422 e. The highest BCUT2D eigenvalue weighted by atomic mass is 16.5. The molecule has 0 spiro atoms. The zero-order valence-electron chi connectivity index (χ0n) is 34.0. The van der Waals surface area contributed by atoms with Crippen LogP contribution in [0.1, 0.15) is 95.3 Å². The monoisotopic (exact) mass is 762 g/mol. The number of rotatable bonds is 13. The van der Waals surface area contributed by atoms with Crippen LogP contribution >= 0.6 is 0 Å². The molecule has 0 fully saturated rings. The SMILES string of the molecule is CCCCCc1ccc2c(OC(=O)c3ccc(C)cc3)c3ccccc3c(-c3c4ccccc4c(OC(=O)c4ccc(C)cc4)c4ccc(CCCCC)cc34)c2c1. The first-order valence-electron chi connectivity index (χ1n) is 20.9. The van der Waals surface area contributed by atoms with Crippen LogP contribution in [0.4, 0.5) is 0 Å². The lowest BCUT2D eigenvalue weighted by atomic mass is 9.84. The van der Waals surface area contributed by atoms with Gasteiger partial charge in [-0.1, -0.05) is 160 Å². The first-order chi connectivity index (χ1) is 28.3. The van der Waals surface area contributed by atoms with Crippen molar-refractivity contribution in [1.82, 2.24) is 0 Å². The van der Waals surface area contributed by atoms with Crippen LogP contribution in [0, 0.1) is 13.8 Å². The van der Waals surface area contributed by atoms with E-state index in [1.165, 1.54) is 11.1 Å². The number of unbranched alkanes of at least 4 members (excludes halogenated alkanes) is 4. The van der Waals surface area contributed by atoms with Gasteiger partial charge in [-0.05, 0) is 108 Å². The summed E-state index contributed by atoms with van der Waals surface area (Å²) >= 11 is 0. The number of benzene rings is 8. The van der Waals surface area contributed by atoms with Crippen molar-refractivity contribution in [2.75, 3.05) is 0 Å². The van der Waals surface area contributed by atoms with E-state index >= 15 is 0 Å². The summed E-state index contributed by atoms with van der Waals surface area (Å²) in [6, 6.07) is 44.9. The van der Waals surface area contributed by atoms with E-state index in [9.17, 15) is 9.59 Å². The van der Waals surface area contributed by atoms with Gasteiger partial charge in [0.15, 0.2) is 0 Å². The second kappa shape index (κ2) is 17.1. The van der Waals surface area contributed by atoms with E-state index in [0.717, 1.165) is 117 Å². The van der Waals surface area contributed by atoms with Crippen molar-refractivity contribution in [3.05, 3.63) is 167 Å². The molecule has 4 nitrogen and oxygen atoms in total. The van der Waals surface area contributed by atoms with Crippen LogP contribution in [0.25, 0.3) is 54.2 Å². The molecule has 0 aliphatic carbocycles. The molecule has 4 heteroatoms. The summed E-state index contributed by atoms with van der Waals surface area (Å²) in [5.41, 5.74) is 7.80. The number of carbonyl (C=O) groups excluding carboxylic acids is 2. The fourth-order valence-electron chi connectivity index (χ4n) is 8.28. The Hall–Kier alpha value is -6.26. The third-order valence-electron chi connectivity index (χ3n) is 11.4. The Labute approximate surface area is 341 Å². The maximum Gasteiger partial charge on any atom is 0.343 e. The van der Waals surface area contributed by atoms with Gasteiger partial charge < -0.3 is 9.47 Å². The smallest absolute Gasteiger partial charge is 0.343 e. The number of hydrogen-bond donors (Lipinski definition) is 0. The summed E-state index contributed by atoms with van der Waals surface area (Å²) in [5.74, 6) is 0.326. The second-order valence-corrected chi connectivity index (χ2v) is 15.7. The van der Waals surface area contributed by atoms with Crippen LogP contribution < -0.4 is 9.47 Å².